The highest BCUT2D eigenvalue weighted by Gasteiger charge is 2.28. The van der Waals surface area contributed by atoms with Gasteiger partial charge >= 0.3 is 5.97 Å². The molecule has 9 heteroatoms. The number of aryl methyl sites for hydroxylation is 2. The molecular formula is C18H18N2O5S2. The number of methoxy groups -OCH3 is 1. The number of thiazole rings is 1. The van der Waals surface area contributed by atoms with Crippen molar-refractivity contribution in [1.29, 1.82) is 0 Å². The van der Waals surface area contributed by atoms with Crippen LogP contribution in [0.3, 0.4) is 0 Å². The molecule has 7 nitrogen and oxygen atoms in total. The zero-order valence-electron chi connectivity index (χ0n) is 15.2. The fourth-order valence-electron chi connectivity index (χ4n) is 2.92. The van der Waals surface area contributed by atoms with Gasteiger partial charge in [-0.25, -0.2) is 22.5 Å². The van der Waals surface area contributed by atoms with Gasteiger partial charge in [-0.2, -0.15) is 0 Å². The van der Waals surface area contributed by atoms with Gasteiger partial charge in [0.1, 0.15) is 5.75 Å². The molecule has 0 spiro atoms. The minimum Gasteiger partial charge on any atom is -0.497 e. The highest BCUT2D eigenvalue weighted by molar-refractivity contribution is 7.93. The van der Waals surface area contributed by atoms with Crippen LogP contribution in [0.5, 0.6) is 5.75 Å². The fourth-order valence-corrected chi connectivity index (χ4v) is 5.64. The minimum absolute atomic E-state index is 0.0395. The van der Waals surface area contributed by atoms with Crippen molar-refractivity contribution in [1.82, 2.24) is 4.98 Å². The number of rotatable bonds is 5. The molecule has 2 aromatic carbocycles. The Morgan fingerprint density at radius 3 is 2.41 bits per heavy atom. The number of hydrogen-bond acceptors (Lipinski definition) is 6. The second kappa shape index (κ2) is 6.82. The van der Waals surface area contributed by atoms with E-state index in [1.54, 1.807) is 38.1 Å². The molecule has 0 bridgehead atoms. The van der Waals surface area contributed by atoms with Crippen molar-refractivity contribution < 1.29 is 23.1 Å². The Morgan fingerprint density at radius 1 is 1.22 bits per heavy atom. The number of benzene rings is 2. The van der Waals surface area contributed by atoms with E-state index in [1.165, 1.54) is 20.2 Å². The van der Waals surface area contributed by atoms with Crippen LogP contribution in [-0.4, -0.2) is 38.6 Å². The van der Waals surface area contributed by atoms with E-state index in [1.807, 2.05) is 0 Å². The van der Waals surface area contributed by atoms with Gasteiger partial charge in [-0.05, 0) is 49.2 Å². The Kier molecular flexibility index (Phi) is 4.83. The number of fused-ring (bicyclic) bond motifs is 1. The third kappa shape index (κ3) is 3.24. The van der Waals surface area contributed by atoms with Crippen molar-refractivity contribution in [3.8, 4) is 5.75 Å². The van der Waals surface area contributed by atoms with Gasteiger partial charge in [0.2, 0.25) is 0 Å². The second-order valence-corrected chi connectivity index (χ2v) is 8.93. The number of aromatic carboxylic acids is 1. The molecular weight excluding hydrogens is 388 g/mol. The van der Waals surface area contributed by atoms with E-state index in [9.17, 15) is 18.3 Å². The predicted molar refractivity (Wildman–Crippen MR) is 105 cm³/mol. The largest absolute Gasteiger partial charge is 0.497 e. The highest BCUT2D eigenvalue weighted by Crippen LogP contribution is 2.35. The zero-order valence-corrected chi connectivity index (χ0v) is 16.8. The first-order valence-electron chi connectivity index (χ1n) is 7.94. The smallest absolute Gasteiger partial charge is 0.337 e. The molecule has 0 unspecified atom stereocenters. The number of aromatic nitrogens is 1. The van der Waals surface area contributed by atoms with Gasteiger partial charge in [0.15, 0.2) is 5.13 Å². The average molecular weight is 406 g/mol. The summed E-state index contributed by atoms with van der Waals surface area (Å²) in [7, 11) is -0.944. The van der Waals surface area contributed by atoms with Crippen LogP contribution in [0.1, 0.15) is 21.5 Å². The first kappa shape index (κ1) is 19.1. The first-order chi connectivity index (χ1) is 12.7. The molecule has 27 heavy (non-hydrogen) atoms. The van der Waals surface area contributed by atoms with Crippen LogP contribution < -0.4 is 9.04 Å². The summed E-state index contributed by atoms with van der Waals surface area (Å²) in [5.41, 5.74) is 1.44. The molecule has 1 N–H and O–H groups in total. The predicted octanol–water partition coefficient (Wildman–Crippen LogP) is 3.45. The molecule has 0 saturated heterocycles. The molecule has 0 radical (unpaired) electrons. The van der Waals surface area contributed by atoms with Crippen LogP contribution in [0.25, 0.3) is 10.2 Å². The average Bonchev–Trinajstić information content (AvgIpc) is 3.03. The highest BCUT2D eigenvalue weighted by atomic mass is 32.2. The van der Waals surface area contributed by atoms with Gasteiger partial charge in [0.25, 0.3) is 10.0 Å². The van der Waals surface area contributed by atoms with E-state index in [2.05, 4.69) is 4.98 Å². The van der Waals surface area contributed by atoms with Gasteiger partial charge in [0.05, 0.1) is 27.8 Å². The first-order valence-corrected chi connectivity index (χ1v) is 10.2. The van der Waals surface area contributed by atoms with Crippen molar-refractivity contribution in [2.75, 3.05) is 18.5 Å². The topological polar surface area (TPSA) is 96.8 Å². The van der Waals surface area contributed by atoms with E-state index < -0.39 is 16.0 Å². The van der Waals surface area contributed by atoms with E-state index in [4.69, 9.17) is 4.74 Å². The number of carboxylic acids is 1. The summed E-state index contributed by atoms with van der Waals surface area (Å²) in [6.45, 7) is 3.41. The second-order valence-electron chi connectivity index (χ2n) is 6.02. The van der Waals surface area contributed by atoms with Crippen LogP contribution in [0, 0.1) is 13.8 Å². The molecule has 0 atom stereocenters. The number of carbonyl (C=O) groups is 1. The summed E-state index contributed by atoms with van der Waals surface area (Å²) in [6.07, 6.45) is 0. The van der Waals surface area contributed by atoms with Crippen molar-refractivity contribution in [2.45, 2.75) is 18.7 Å². The number of hydrogen-bond donors (Lipinski definition) is 1. The Labute approximate surface area is 160 Å². The van der Waals surface area contributed by atoms with Gasteiger partial charge in [-0.3, -0.25) is 0 Å². The van der Waals surface area contributed by atoms with E-state index in [0.717, 1.165) is 15.6 Å². The maximum atomic E-state index is 13.2. The molecule has 3 rings (SSSR count). The van der Waals surface area contributed by atoms with Gasteiger partial charge in [0, 0.05) is 7.05 Å². The maximum absolute atomic E-state index is 13.2. The maximum Gasteiger partial charge on any atom is 0.337 e. The molecule has 1 heterocycles. The number of ether oxygens (including phenoxy) is 1. The summed E-state index contributed by atoms with van der Waals surface area (Å²) in [5, 5.41) is 9.51. The number of nitrogens with zero attached hydrogens (tertiary/aromatic N) is 2. The standard InChI is InChI=1S/C18H18N2O5S2/c1-10-8-12(25-4)9-11(2)16(10)27(23,24)20(3)18-19-15-13(17(21)22)6-5-7-14(15)26-18/h5-9H,1-4H3,(H,21,22). The van der Waals surface area contributed by atoms with E-state index >= 15 is 0 Å². The van der Waals surface area contributed by atoms with Crippen LogP contribution in [0.15, 0.2) is 35.2 Å². The normalized spacial score (nSPS) is 11.6. The monoisotopic (exact) mass is 406 g/mol. The van der Waals surface area contributed by atoms with Crippen LogP contribution in [0.2, 0.25) is 0 Å². The Bertz CT molecular complexity index is 1130. The fraction of sp³-hybridized carbons (Fsp3) is 0.222. The molecule has 0 aliphatic carbocycles. The van der Waals surface area contributed by atoms with Crippen molar-refractivity contribution in [3.63, 3.8) is 0 Å². The Hall–Kier alpha value is -2.65. The summed E-state index contributed by atoms with van der Waals surface area (Å²) >= 11 is 1.13. The lowest BCUT2D eigenvalue weighted by molar-refractivity contribution is 0.0699. The molecule has 1 aromatic heterocycles. The third-order valence-corrected chi connectivity index (χ3v) is 7.46. The Morgan fingerprint density at radius 2 is 1.85 bits per heavy atom. The van der Waals surface area contributed by atoms with Gasteiger partial charge in [-0.1, -0.05) is 17.4 Å². The number of carboxylic acid groups (broad SMARTS) is 1. The van der Waals surface area contributed by atoms with Gasteiger partial charge in [-0.15, -0.1) is 0 Å². The summed E-state index contributed by atoms with van der Waals surface area (Å²) in [6, 6.07) is 8.09. The lowest BCUT2D eigenvalue weighted by atomic mass is 10.1. The van der Waals surface area contributed by atoms with Crippen molar-refractivity contribution in [2.24, 2.45) is 0 Å². The SMILES string of the molecule is COc1cc(C)c(S(=O)(=O)N(C)c2nc3c(C(=O)O)cccc3s2)c(C)c1. The van der Waals surface area contributed by atoms with Crippen molar-refractivity contribution >= 4 is 42.7 Å². The van der Waals surface area contributed by atoms with Gasteiger partial charge < -0.3 is 9.84 Å². The lowest BCUT2D eigenvalue weighted by Gasteiger charge is -2.20. The number of sulfonamides is 1. The molecule has 0 aliphatic rings. The summed E-state index contributed by atoms with van der Waals surface area (Å²) in [4.78, 5) is 15.8. The number of anilines is 1. The molecule has 0 aliphatic heterocycles. The molecule has 0 fully saturated rings. The summed E-state index contributed by atoms with van der Waals surface area (Å²) in [5.74, 6) is -0.525. The quantitative estimate of drug-likeness (QED) is 0.697. The lowest BCUT2D eigenvalue weighted by Crippen LogP contribution is -2.27. The molecule has 0 saturated carbocycles. The molecule has 142 valence electrons. The zero-order chi connectivity index (χ0) is 19.9. The van der Waals surface area contributed by atoms with Crippen molar-refractivity contribution in [3.05, 3.63) is 47.0 Å². The molecule has 3 aromatic rings. The van der Waals surface area contributed by atoms with E-state index in [-0.39, 0.29) is 21.1 Å². The number of para-hydroxylation sites is 1. The van der Waals surface area contributed by atoms with Crippen LogP contribution >= 0.6 is 11.3 Å². The minimum atomic E-state index is -3.88. The molecule has 0 amide bonds. The summed E-state index contributed by atoms with van der Waals surface area (Å²) < 4.78 is 33.3. The Balaban J connectivity index is 2.13. The van der Waals surface area contributed by atoms with Crippen LogP contribution in [-0.2, 0) is 10.0 Å². The third-order valence-electron chi connectivity index (χ3n) is 4.20. The van der Waals surface area contributed by atoms with Crippen LogP contribution in [0.4, 0.5) is 5.13 Å². The van der Waals surface area contributed by atoms with E-state index in [0.29, 0.717) is 21.6 Å².